The van der Waals surface area contributed by atoms with Gasteiger partial charge in [0.05, 0.1) is 0 Å². The van der Waals surface area contributed by atoms with E-state index in [4.69, 9.17) is 0 Å². The minimum absolute atomic E-state index is 0.556. The zero-order valence-corrected chi connectivity index (χ0v) is 19.1. The van der Waals surface area contributed by atoms with E-state index in [0.29, 0.717) is 10.8 Å². The van der Waals surface area contributed by atoms with Gasteiger partial charge in [-0.25, -0.2) is 0 Å². The molecule has 0 heteroatoms. The molecule has 3 saturated carbocycles. The first kappa shape index (κ1) is 20.0. The van der Waals surface area contributed by atoms with Gasteiger partial charge in [-0.05, 0) is 91.8 Å². The van der Waals surface area contributed by atoms with Gasteiger partial charge in [0.15, 0.2) is 0 Å². The van der Waals surface area contributed by atoms with Crippen LogP contribution in [0.1, 0.15) is 118 Å². The summed E-state index contributed by atoms with van der Waals surface area (Å²) >= 11 is 0. The number of hydrogen-bond donors (Lipinski definition) is 0. The molecule has 0 nitrogen and oxygen atoms in total. The van der Waals surface area contributed by atoms with Crippen LogP contribution >= 0.6 is 0 Å². The fraction of sp³-hybridized carbons (Fsp3) is 0.926. The molecule has 0 amide bonds. The normalized spacial score (nSPS) is 42.7. The second kappa shape index (κ2) is 7.53. The summed E-state index contributed by atoms with van der Waals surface area (Å²) in [5.41, 5.74) is 5.20. The van der Waals surface area contributed by atoms with Crippen LogP contribution in [-0.2, 0) is 0 Å². The summed E-state index contributed by atoms with van der Waals surface area (Å²) in [6.07, 6.45) is 19.3. The Hall–Kier alpha value is -0.260. The molecule has 0 saturated heterocycles. The lowest BCUT2D eigenvalue weighted by molar-refractivity contribution is 0.00933. The second-order valence-corrected chi connectivity index (χ2v) is 11.9. The molecule has 4 aliphatic rings. The third-order valence-corrected chi connectivity index (χ3v) is 10.1. The molecule has 3 fully saturated rings. The zero-order chi connectivity index (χ0) is 19.2. The Balaban J connectivity index is 1.54. The van der Waals surface area contributed by atoms with Crippen molar-refractivity contribution in [3.05, 3.63) is 11.1 Å². The first-order valence-corrected chi connectivity index (χ1v) is 12.6. The smallest absolute Gasteiger partial charge is 0.00825 e. The van der Waals surface area contributed by atoms with Crippen molar-refractivity contribution in [3.8, 4) is 0 Å². The molecule has 0 spiro atoms. The van der Waals surface area contributed by atoms with E-state index >= 15 is 0 Å². The van der Waals surface area contributed by atoms with Crippen LogP contribution in [0.15, 0.2) is 11.1 Å². The molecule has 4 rings (SSSR count). The molecule has 0 unspecified atom stereocenters. The molecule has 0 aliphatic heterocycles. The lowest BCUT2D eigenvalue weighted by Gasteiger charge is -2.56. The lowest BCUT2D eigenvalue weighted by atomic mass is 9.49. The molecule has 0 heterocycles. The molecular formula is C27H46. The minimum atomic E-state index is 0.556. The van der Waals surface area contributed by atoms with Crippen LogP contribution < -0.4 is 0 Å². The van der Waals surface area contributed by atoms with Crippen molar-refractivity contribution in [2.45, 2.75) is 118 Å². The van der Waals surface area contributed by atoms with Gasteiger partial charge in [0, 0.05) is 0 Å². The van der Waals surface area contributed by atoms with Gasteiger partial charge < -0.3 is 0 Å². The van der Waals surface area contributed by atoms with Crippen LogP contribution in [0, 0.1) is 40.4 Å². The summed E-state index contributed by atoms with van der Waals surface area (Å²) in [5, 5.41) is 0. The van der Waals surface area contributed by atoms with Gasteiger partial charge in [-0.15, -0.1) is 0 Å². The highest BCUT2D eigenvalue weighted by molar-refractivity contribution is 5.34. The molecule has 0 aromatic carbocycles. The van der Waals surface area contributed by atoms with E-state index in [-0.39, 0.29) is 0 Å². The number of rotatable bonds is 5. The lowest BCUT2D eigenvalue weighted by Crippen LogP contribution is -2.46. The Labute approximate surface area is 170 Å². The fourth-order valence-electron chi connectivity index (χ4n) is 8.53. The Morgan fingerprint density at radius 2 is 1.70 bits per heavy atom. The summed E-state index contributed by atoms with van der Waals surface area (Å²) in [6.45, 7) is 12.7. The first-order chi connectivity index (χ1) is 12.9. The molecule has 0 aromatic heterocycles. The number of hydrogen-bond acceptors (Lipinski definition) is 0. The van der Waals surface area contributed by atoms with Gasteiger partial charge in [0.1, 0.15) is 0 Å². The summed E-state index contributed by atoms with van der Waals surface area (Å²) in [7, 11) is 0. The molecule has 0 aromatic rings. The Bertz CT molecular complexity index is 569. The fourth-order valence-corrected chi connectivity index (χ4v) is 8.53. The monoisotopic (exact) mass is 370 g/mol. The predicted molar refractivity (Wildman–Crippen MR) is 118 cm³/mol. The number of fused-ring (bicyclic) bond motifs is 4. The van der Waals surface area contributed by atoms with Crippen molar-refractivity contribution in [1.82, 2.24) is 0 Å². The summed E-state index contributed by atoms with van der Waals surface area (Å²) in [6, 6.07) is 0. The Kier molecular flexibility index (Phi) is 5.59. The SMILES string of the molecule is CC(C)CCC[C@@H](C)[C@H]1CCC2=C3CC[C@@H]4CCCC[C@]4(C)[C@H]3CC[C@@]21C. The van der Waals surface area contributed by atoms with Gasteiger partial charge in [-0.2, -0.15) is 0 Å². The third-order valence-electron chi connectivity index (χ3n) is 10.1. The van der Waals surface area contributed by atoms with Crippen molar-refractivity contribution in [1.29, 1.82) is 0 Å². The average Bonchev–Trinajstić information content (AvgIpc) is 2.98. The quantitative estimate of drug-likeness (QED) is 0.425. The summed E-state index contributed by atoms with van der Waals surface area (Å²) < 4.78 is 0. The van der Waals surface area contributed by atoms with Gasteiger partial charge in [-0.3, -0.25) is 0 Å². The van der Waals surface area contributed by atoms with Crippen molar-refractivity contribution < 1.29 is 0 Å². The van der Waals surface area contributed by atoms with E-state index in [9.17, 15) is 0 Å². The van der Waals surface area contributed by atoms with Crippen molar-refractivity contribution in [3.63, 3.8) is 0 Å². The van der Waals surface area contributed by atoms with E-state index in [2.05, 4.69) is 34.6 Å². The molecule has 6 atom stereocenters. The van der Waals surface area contributed by atoms with Crippen LogP contribution in [0.5, 0.6) is 0 Å². The second-order valence-electron chi connectivity index (χ2n) is 11.9. The maximum absolute atomic E-state index is 2.70. The molecule has 0 bridgehead atoms. The van der Waals surface area contributed by atoms with Gasteiger partial charge in [0.2, 0.25) is 0 Å². The maximum Gasteiger partial charge on any atom is -0.00825 e. The van der Waals surface area contributed by atoms with Gasteiger partial charge in [-0.1, -0.05) is 77.9 Å². The Morgan fingerprint density at radius 1 is 0.889 bits per heavy atom. The van der Waals surface area contributed by atoms with E-state index in [1.54, 1.807) is 0 Å². The zero-order valence-electron chi connectivity index (χ0n) is 19.1. The standard InChI is InChI=1S/C27H46/c1-19(2)9-8-10-20(3)23-14-15-24-22-13-12-21-11-6-7-17-26(21,4)25(22)16-18-27(23,24)5/h19-21,23,25H,6-18H2,1-5H3/t20-,21+,23-,25+,26+,27-/m1/s1. The van der Waals surface area contributed by atoms with Crippen LogP contribution in [-0.4, -0.2) is 0 Å². The number of allylic oxidation sites excluding steroid dienone is 2. The third kappa shape index (κ3) is 3.36. The van der Waals surface area contributed by atoms with Gasteiger partial charge >= 0.3 is 0 Å². The molecule has 154 valence electrons. The topological polar surface area (TPSA) is 0 Å². The molecular weight excluding hydrogens is 324 g/mol. The van der Waals surface area contributed by atoms with Crippen LogP contribution in [0.2, 0.25) is 0 Å². The molecule has 0 radical (unpaired) electrons. The minimum Gasteiger partial charge on any atom is -0.0668 e. The summed E-state index contributed by atoms with van der Waals surface area (Å²) in [4.78, 5) is 0. The van der Waals surface area contributed by atoms with E-state index in [1.165, 1.54) is 83.5 Å². The largest absolute Gasteiger partial charge is 0.0668 e. The van der Waals surface area contributed by atoms with Crippen LogP contribution in [0.25, 0.3) is 0 Å². The van der Waals surface area contributed by atoms with Crippen LogP contribution in [0.4, 0.5) is 0 Å². The van der Waals surface area contributed by atoms with Crippen molar-refractivity contribution >= 4 is 0 Å². The first-order valence-electron chi connectivity index (χ1n) is 12.6. The van der Waals surface area contributed by atoms with Crippen LogP contribution in [0.3, 0.4) is 0 Å². The summed E-state index contributed by atoms with van der Waals surface area (Å²) in [5.74, 6) is 4.75. The highest BCUT2D eigenvalue weighted by Crippen LogP contribution is 2.65. The highest BCUT2D eigenvalue weighted by atomic mass is 14.6. The van der Waals surface area contributed by atoms with E-state index in [1.807, 2.05) is 11.1 Å². The van der Waals surface area contributed by atoms with Crippen molar-refractivity contribution in [2.75, 3.05) is 0 Å². The maximum atomic E-state index is 2.70. The van der Waals surface area contributed by atoms with E-state index < -0.39 is 0 Å². The highest BCUT2D eigenvalue weighted by Gasteiger charge is 2.54. The molecule has 0 N–H and O–H groups in total. The molecule has 27 heavy (non-hydrogen) atoms. The molecule has 4 aliphatic carbocycles. The van der Waals surface area contributed by atoms with E-state index in [0.717, 1.165) is 29.6 Å². The average molecular weight is 371 g/mol. The van der Waals surface area contributed by atoms with Gasteiger partial charge in [0.25, 0.3) is 0 Å². The predicted octanol–water partition coefficient (Wildman–Crippen LogP) is 8.56. The Morgan fingerprint density at radius 3 is 2.48 bits per heavy atom. The van der Waals surface area contributed by atoms with Crippen molar-refractivity contribution in [2.24, 2.45) is 40.4 Å².